The van der Waals surface area contributed by atoms with Gasteiger partial charge in [-0.05, 0) is 233 Å². The van der Waals surface area contributed by atoms with Gasteiger partial charge in [0.15, 0.2) is 8.07 Å². The first kappa shape index (κ1) is 71.6. The molecule has 19 aromatic carbocycles. The maximum absolute atomic E-state index is 9.47. The van der Waals surface area contributed by atoms with Gasteiger partial charge in [-0.3, -0.25) is 0 Å². The van der Waals surface area contributed by atoms with Crippen LogP contribution in [0.4, 0.5) is 0 Å². The lowest BCUT2D eigenvalue weighted by atomic mass is 9.97. The van der Waals surface area contributed by atoms with Crippen molar-refractivity contribution in [2.45, 2.75) is 0 Å². The Morgan fingerprint density at radius 2 is 0.397 bits per heavy atom. The number of hydrogen-bond acceptors (Lipinski definition) is 1. The predicted octanol–water partition coefficient (Wildman–Crippen LogP) is 27.0. The van der Waals surface area contributed by atoms with Gasteiger partial charge in [0.25, 0.3) is 0 Å². The molecule has 0 saturated carbocycles. The van der Waals surface area contributed by atoms with Crippen molar-refractivity contribution in [1.29, 1.82) is 5.26 Å². The first-order valence-corrected chi connectivity index (χ1v) is 43.4. The van der Waals surface area contributed by atoms with Crippen LogP contribution in [0.3, 0.4) is 0 Å². The van der Waals surface area contributed by atoms with E-state index in [2.05, 4.69) is 473 Å². The molecule has 23 aromatic rings. The molecule has 0 aliphatic heterocycles. The second kappa shape index (κ2) is 30.3. The molecule has 0 N–H and O–H groups in total. The molecule has 4 heterocycles. The quantitative estimate of drug-likeness (QED) is 0.0790. The molecule has 0 aliphatic rings. The first-order chi connectivity index (χ1) is 59.9. The van der Waals surface area contributed by atoms with Crippen LogP contribution in [0, 0.1) is 11.3 Å². The topological polar surface area (TPSA) is 43.5 Å². The van der Waals surface area contributed by atoms with E-state index >= 15 is 0 Å². The van der Waals surface area contributed by atoms with Crippen LogP contribution in [0.5, 0.6) is 0 Å². The normalized spacial score (nSPS) is 11.6. The summed E-state index contributed by atoms with van der Waals surface area (Å²) in [6.45, 7) is 0. The zero-order valence-electron chi connectivity index (χ0n) is 66.2. The zero-order chi connectivity index (χ0) is 80.3. The Kier molecular flexibility index (Phi) is 17.9. The number of rotatable bonds is 14. The van der Waals surface area contributed by atoms with Crippen molar-refractivity contribution in [2.75, 3.05) is 0 Å². The molecule has 0 spiro atoms. The molecule has 0 fully saturated rings. The van der Waals surface area contributed by atoms with Gasteiger partial charge >= 0.3 is 0 Å². The van der Waals surface area contributed by atoms with Gasteiger partial charge in [-0.25, -0.2) is 0 Å². The number of fused-ring (bicyclic) bond motifs is 12. The van der Waals surface area contributed by atoms with Crippen LogP contribution in [-0.4, -0.2) is 26.3 Å². The van der Waals surface area contributed by atoms with Gasteiger partial charge in [-0.1, -0.05) is 322 Å². The smallest absolute Gasteiger partial charge is 0.179 e. The van der Waals surface area contributed by atoms with Crippen LogP contribution in [0.1, 0.15) is 5.56 Å². The summed E-state index contributed by atoms with van der Waals surface area (Å²) >= 11 is 0. The summed E-state index contributed by atoms with van der Waals surface area (Å²) in [6.07, 6.45) is 0. The summed E-state index contributed by atoms with van der Waals surface area (Å²) in [7, 11) is -2.69. The Morgan fingerprint density at radius 3 is 0.744 bits per heavy atom. The third-order valence-electron chi connectivity index (χ3n) is 24.6. The minimum Gasteiger partial charge on any atom is -0.309 e. The molecular weight excluding hydrogens is 1480 g/mol. The summed E-state index contributed by atoms with van der Waals surface area (Å²) in [4.78, 5) is 0. The Hall–Kier alpha value is -15.9. The first-order valence-electron chi connectivity index (χ1n) is 41.4. The highest BCUT2D eigenvalue weighted by molar-refractivity contribution is 7.20. The van der Waals surface area contributed by atoms with Gasteiger partial charge in [0.1, 0.15) is 0 Å². The molecule has 0 unspecified atom stereocenters. The zero-order valence-corrected chi connectivity index (χ0v) is 67.2. The molecule has 5 nitrogen and oxygen atoms in total. The molecule has 566 valence electrons. The largest absolute Gasteiger partial charge is 0.309 e. The van der Waals surface area contributed by atoms with Crippen LogP contribution < -0.4 is 20.7 Å². The highest BCUT2D eigenvalue weighted by atomic mass is 28.3. The second-order valence-corrected chi connectivity index (χ2v) is 35.2. The van der Waals surface area contributed by atoms with E-state index in [1.54, 1.807) is 0 Å². The maximum atomic E-state index is 9.47. The van der Waals surface area contributed by atoms with Crippen molar-refractivity contribution in [2.24, 2.45) is 0 Å². The lowest BCUT2D eigenvalue weighted by molar-refractivity contribution is 1.18. The summed E-state index contributed by atoms with van der Waals surface area (Å²) < 4.78 is 9.56. The number of nitriles is 1. The average Bonchev–Trinajstić information content (AvgIpc) is 1.51. The Bertz CT molecular complexity index is 7840. The standard InChI is InChI=1S/C66H46N2Si.C49H31N3/c1-6-23-53(24-7-1)67-63-35-17-16-34-59(63)61-44-50(37-40-64(61)67)51-38-41-65-62(45-51)60-39-36-52(46-66(60)68(65)54-25-8-2-9-26-54)48-21-18-20-47(42-48)49-22-19-33-58(43-49)69(55-27-10-3-11-28-55,56-29-12-4-13-30-56)57-31-14-5-15-32-57;50-32-33-11-9-12-34(27-33)35-13-10-14-36(28-35)39-21-24-43-45-30-38(23-26-48(45)52(49(43)31-39)41-17-5-2-6-18-41)37-22-25-47-44(29-37)42-19-7-8-20-46(42)51(47)40-15-3-1-4-16-40/h1-46H;1-31H. The van der Waals surface area contributed by atoms with E-state index in [4.69, 9.17) is 0 Å². The SMILES string of the molecule is N#Cc1cccc(-c2cccc(-c3ccc4c5cc(-c6ccc7c(c6)c6ccccc6n7-c6ccccc6)ccc5n(-c5ccccc5)c4c3)c2)c1.c1ccc(-n2c3ccccc3c3cc(-c4ccc5c(c4)c4ccc(-c6cccc(-c7cccc([Si](c8ccccc8)(c8ccccc8)c8ccccc8)c7)c6)cc4n5-c4ccccc4)ccc32)cc1. The summed E-state index contributed by atoms with van der Waals surface area (Å²) in [5.41, 5.74) is 28.8. The average molecular weight is 1560 g/mol. The fourth-order valence-corrected chi connectivity index (χ4v) is 23.8. The van der Waals surface area contributed by atoms with E-state index in [1.807, 2.05) is 18.2 Å². The molecule has 4 aromatic heterocycles. The highest BCUT2D eigenvalue weighted by Crippen LogP contribution is 2.44. The molecule has 6 heteroatoms. The van der Waals surface area contributed by atoms with E-state index in [0.717, 1.165) is 44.8 Å². The molecule has 0 atom stereocenters. The van der Waals surface area contributed by atoms with Crippen molar-refractivity contribution in [3.05, 3.63) is 473 Å². The number of nitrogens with zero attached hydrogens (tertiary/aromatic N) is 5. The van der Waals surface area contributed by atoms with Crippen molar-refractivity contribution in [3.63, 3.8) is 0 Å². The van der Waals surface area contributed by atoms with Gasteiger partial charge in [-0.15, -0.1) is 0 Å². The molecule has 121 heavy (non-hydrogen) atoms. The van der Waals surface area contributed by atoms with Crippen LogP contribution in [0.25, 0.3) is 177 Å². The van der Waals surface area contributed by atoms with E-state index in [1.165, 1.54) is 153 Å². The lowest BCUT2D eigenvalue weighted by Crippen LogP contribution is -2.74. The molecule has 0 radical (unpaired) electrons. The minimum atomic E-state index is -2.69. The van der Waals surface area contributed by atoms with E-state index in [0.29, 0.717) is 5.56 Å². The van der Waals surface area contributed by atoms with Crippen LogP contribution >= 0.6 is 0 Å². The van der Waals surface area contributed by atoms with Crippen molar-refractivity contribution >= 4 is 116 Å². The Balaban J connectivity index is 0.000000151. The number of hydrogen-bond donors (Lipinski definition) is 0. The summed E-state index contributed by atoms with van der Waals surface area (Å²) in [6, 6.07) is 172. The fourth-order valence-electron chi connectivity index (χ4n) is 19.0. The van der Waals surface area contributed by atoms with Crippen molar-refractivity contribution in [3.8, 4) is 95.6 Å². The number of para-hydroxylation sites is 6. The summed E-state index contributed by atoms with van der Waals surface area (Å²) in [5.74, 6) is 0. The van der Waals surface area contributed by atoms with Gasteiger partial charge in [0.2, 0.25) is 0 Å². The summed E-state index contributed by atoms with van der Waals surface area (Å²) in [5, 5.41) is 24.8. The third kappa shape index (κ3) is 12.5. The molecule has 0 saturated heterocycles. The van der Waals surface area contributed by atoms with Gasteiger partial charge in [0, 0.05) is 65.8 Å². The predicted molar refractivity (Wildman–Crippen MR) is 511 cm³/mol. The molecule has 0 bridgehead atoms. The van der Waals surface area contributed by atoms with Crippen molar-refractivity contribution < 1.29 is 0 Å². The van der Waals surface area contributed by atoms with E-state index in [-0.39, 0.29) is 0 Å². The molecule has 0 amide bonds. The number of aromatic nitrogens is 4. The second-order valence-electron chi connectivity index (χ2n) is 31.4. The van der Waals surface area contributed by atoms with E-state index in [9.17, 15) is 5.26 Å². The van der Waals surface area contributed by atoms with Crippen LogP contribution in [0.15, 0.2) is 467 Å². The van der Waals surface area contributed by atoms with Gasteiger partial charge in [0.05, 0.1) is 55.8 Å². The van der Waals surface area contributed by atoms with Crippen molar-refractivity contribution in [1.82, 2.24) is 18.3 Å². The van der Waals surface area contributed by atoms with Crippen LogP contribution in [0.2, 0.25) is 0 Å². The Labute approximate surface area is 703 Å². The van der Waals surface area contributed by atoms with Gasteiger partial charge < -0.3 is 18.3 Å². The monoisotopic (exact) mass is 1560 g/mol. The van der Waals surface area contributed by atoms with Crippen LogP contribution in [-0.2, 0) is 0 Å². The maximum Gasteiger partial charge on any atom is 0.179 e. The fraction of sp³-hybridized carbons (Fsp3) is 0. The molecular formula is C115H77N5Si. The third-order valence-corrected chi connectivity index (χ3v) is 29.3. The van der Waals surface area contributed by atoms with Gasteiger partial charge in [-0.2, -0.15) is 5.26 Å². The lowest BCUT2D eigenvalue weighted by Gasteiger charge is -2.34. The minimum absolute atomic E-state index is 0.662. The number of benzene rings is 19. The Morgan fingerprint density at radius 1 is 0.157 bits per heavy atom. The van der Waals surface area contributed by atoms with E-state index < -0.39 is 8.07 Å². The molecule has 23 rings (SSSR count). The highest BCUT2D eigenvalue weighted by Gasteiger charge is 2.41. The molecule has 0 aliphatic carbocycles.